The van der Waals surface area contributed by atoms with E-state index in [4.69, 9.17) is 10.5 Å². The molecule has 1 aromatic carbocycles. The molecule has 0 heterocycles. The minimum absolute atomic E-state index is 0.214. The molecule has 0 radical (unpaired) electrons. The lowest BCUT2D eigenvalue weighted by Gasteiger charge is -2.07. The number of hydrogen-bond donors (Lipinski definition) is 1. The van der Waals surface area contributed by atoms with Crippen molar-refractivity contribution in [2.75, 3.05) is 13.2 Å². The van der Waals surface area contributed by atoms with Crippen LogP contribution in [-0.4, -0.2) is 13.2 Å². The zero-order valence-electron chi connectivity index (χ0n) is 7.40. The van der Waals surface area contributed by atoms with E-state index in [2.05, 4.69) is 15.9 Å². The van der Waals surface area contributed by atoms with Crippen molar-refractivity contribution in [1.29, 1.82) is 0 Å². The Morgan fingerprint density at radius 3 is 2.36 bits per heavy atom. The van der Waals surface area contributed by atoms with Crippen molar-refractivity contribution in [3.8, 4) is 5.75 Å². The zero-order valence-corrected chi connectivity index (χ0v) is 8.98. The third-order valence-corrected chi connectivity index (χ3v) is 2.02. The molecule has 0 fully saturated rings. The monoisotopic (exact) mass is 265 g/mol. The normalized spacial score (nSPS) is 10.3. The molecule has 2 N–H and O–H groups in total. The van der Waals surface area contributed by atoms with Crippen LogP contribution in [0.3, 0.4) is 0 Å². The van der Waals surface area contributed by atoms with Crippen molar-refractivity contribution in [1.82, 2.24) is 0 Å². The largest absolute Gasteiger partial charge is 0.488 e. The van der Waals surface area contributed by atoms with Gasteiger partial charge < -0.3 is 10.5 Å². The van der Waals surface area contributed by atoms with Crippen molar-refractivity contribution in [3.63, 3.8) is 0 Å². The fourth-order valence-electron chi connectivity index (χ4n) is 0.924. The summed E-state index contributed by atoms with van der Waals surface area (Å²) < 4.78 is 31.5. The first-order valence-electron chi connectivity index (χ1n) is 4.12. The van der Waals surface area contributed by atoms with Gasteiger partial charge in [0.25, 0.3) is 0 Å². The highest BCUT2D eigenvalue weighted by Crippen LogP contribution is 2.25. The second kappa shape index (κ2) is 5.26. The van der Waals surface area contributed by atoms with Gasteiger partial charge in [0.15, 0.2) is 17.4 Å². The molecule has 0 aliphatic carbocycles. The van der Waals surface area contributed by atoms with Crippen LogP contribution in [0.1, 0.15) is 6.42 Å². The molecule has 5 heteroatoms. The number of nitrogens with two attached hydrogens (primary N) is 1. The molecular weight excluding hydrogens is 256 g/mol. The third kappa shape index (κ3) is 2.92. The van der Waals surface area contributed by atoms with Crippen LogP contribution in [0, 0.1) is 11.6 Å². The number of benzene rings is 1. The van der Waals surface area contributed by atoms with Gasteiger partial charge in [0.05, 0.1) is 6.61 Å². The molecule has 0 saturated carbocycles. The van der Waals surface area contributed by atoms with Crippen molar-refractivity contribution in [2.24, 2.45) is 5.73 Å². The molecule has 0 aliphatic heterocycles. The topological polar surface area (TPSA) is 35.2 Å². The zero-order chi connectivity index (χ0) is 10.6. The Morgan fingerprint density at radius 1 is 1.29 bits per heavy atom. The van der Waals surface area contributed by atoms with Crippen LogP contribution in [0.4, 0.5) is 8.78 Å². The van der Waals surface area contributed by atoms with Crippen LogP contribution in [0.2, 0.25) is 0 Å². The van der Waals surface area contributed by atoms with E-state index in [-0.39, 0.29) is 12.4 Å². The third-order valence-electron chi connectivity index (χ3n) is 1.56. The SMILES string of the molecule is NCCCOc1c(F)cc(Br)cc1F. The smallest absolute Gasteiger partial charge is 0.190 e. The van der Waals surface area contributed by atoms with Gasteiger partial charge in [-0.3, -0.25) is 0 Å². The van der Waals surface area contributed by atoms with E-state index in [1.165, 1.54) is 0 Å². The van der Waals surface area contributed by atoms with Gasteiger partial charge >= 0.3 is 0 Å². The average molecular weight is 266 g/mol. The minimum Gasteiger partial charge on any atom is -0.488 e. The maximum Gasteiger partial charge on any atom is 0.190 e. The molecule has 0 aliphatic rings. The van der Waals surface area contributed by atoms with Gasteiger partial charge in [0.1, 0.15) is 0 Å². The molecule has 0 unspecified atom stereocenters. The second-order valence-corrected chi connectivity index (χ2v) is 3.60. The van der Waals surface area contributed by atoms with Gasteiger partial charge in [0.2, 0.25) is 0 Å². The summed E-state index contributed by atoms with van der Waals surface area (Å²) >= 11 is 2.97. The molecule has 2 nitrogen and oxygen atoms in total. The number of ether oxygens (including phenoxy) is 1. The molecule has 0 aromatic heterocycles. The Labute approximate surface area is 89.2 Å². The second-order valence-electron chi connectivity index (χ2n) is 2.69. The van der Waals surface area contributed by atoms with E-state index in [1.807, 2.05) is 0 Å². The molecule has 0 amide bonds. The Kier molecular flexibility index (Phi) is 4.28. The van der Waals surface area contributed by atoms with E-state index < -0.39 is 11.6 Å². The molecule has 0 saturated heterocycles. The van der Waals surface area contributed by atoms with Crippen molar-refractivity contribution in [3.05, 3.63) is 28.2 Å². The highest BCUT2D eigenvalue weighted by atomic mass is 79.9. The maximum atomic E-state index is 13.1. The maximum absolute atomic E-state index is 13.1. The predicted molar refractivity (Wildman–Crippen MR) is 53.2 cm³/mol. The van der Waals surface area contributed by atoms with E-state index in [1.54, 1.807) is 0 Å². The summed E-state index contributed by atoms with van der Waals surface area (Å²) in [6, 6.07) is 2.31. The number of hydrogen-bond acceptors (Lipinski definition) is 2. The van der Waals surface area contributed by atoms with Gasteiger partial charge in [-0.2, -0.15) is 0 Å². The van der Waals surface area contributed by atoms with Crippen molar-refractivity contribution in [2.45, 2.75) is 6.42 Å². The Bertz CT molecular complexity index is 297. The van der Waals surface area contributed by atoms with Gasteiger partial charge in [-0.05, 0) is 25.1 Å². The summed E-state index contributed by atoms with van der Waals surface area (Å²) in [5.74, 6) is -1.77. The lowest BCUT2D eigenvalue weighted by Crippen LogP contribution is -2.07. The molecule has 78 valence electrons. The Balaban J connectivity index is 2.75. The first kappa shape index (κ1) is 11.4. The first-order valence-corrected chi connectivity index (χ1v) is 4.92. The summed E-state index contributed by atoms with van der Waals surface area (Å²) in [5.41, 5.74) is 5.22. The predicted octanol–water partition coefficient (Wildman–Crippen LogP) is 2.45. The Hall–Kier alpha value is -0.680. The number of halogens is 3. The molecule has 1 rings (SSSR count). The lowest BCUT2D eigenvalue weighted by molar-refractivity contribution is 0.281. The first-order chi connectivity index (χ1) is 6.65. The standard InChI is InChI=1S/C9H10BrF2NO/c10-6-4-7(11)9(8(12)5-6)14-3-1-2-13/h4-5H,1-3,13H2. The van der Waals surface area contributed by atoms with Gasteiger partial charge in [-0.1, -0.05) is 15.9 Å². The summed E-state index contributed by atoms with van der Waals surface area (Å²) in [6.07, 6.45) is 0.564. The summed E-state index contributed by atoms with van der Waals surface area (Å²) in [6.45, 7) is 0.645. The van der Waals surface area contributed by atoms with E-state index in [0.29, 0.717) is 17.4 Å². The van der Waals surface area contributed by atoms with Crippen LogP contribution in [0.5, 0.6) is 5.75 Å². The summed E-state index contributed by atoms with van der Waals surface area (Å²) in [7, 11) is 0. The van der Waals surface area contributed by atoms with Crippen LogP contribution in [-0.2, 0) is 0 Å². The minimum atomic E-state index is -0.714. The van der Waals surface area contributed by atoms with Gasteiger partial charge in [-0.15, -0.1) is 0 Å². The van der Waals surface area contributed by atoms with E-state index >= 15 is 0 Å². The van der Waals surface area contributed by atoms with Crippen LogP contribution < -0.4 is 10.5 Å². The highest BCUT2D eigenvalue weighted by molar-refractivity contribution is 9.10. The van der Waals surface area contributed by atoms with Crippen LogP contribution in [0.15, 0.2) is 16.6 Å². The fourth-order valence-corrected chi connectivity index (χ4v) is 1.33. The molecular formula is C9H10BrF2NO. The highest BCUT2D eigenvalue weighted by Gasteiger charge is 2.11. The Morgan fingerprint density at radius 2 is 1.86 bits per heavy atom. The molecule has 1 aromatic rings. The number of rotatable bonds is 4. The fraction of sp³-hybridized carbons (Fsp3) is 0.333. The van der Waals surface area contributed by atoms with Crippen molar-refractivity contribution >= 4 is 15.9 Å². The van der Waals surface area contributed by atoms with E-state index in [9.17, 15) is 8.78 Å². The molecule has 0 bridgehead atoms. The average Bonchev–Trinajstić information content (AvgIpc) is 2.09. The summed E-state index contributed by atoms with van der Waals surface area (Å²) in [5, 5.41) is 0. The summed E-state index contributed by atoms with van der Waals surface area (Å²) in [4.78, 5) is 0. The van der Waals surface area contributed by atoms with Gasteiger partial charge in [-0.25, -0.2) is 8.78 Å². The van der Waals surface area contributed by atoms with Crippen molar-refractivity contribution < 1.29 is 13.5 Å². The van der Waals surface area contributed by atoms with E-state index in [0.717, 1.165) is 12.1 Å². The van der Waals surface area contributed by atoms with Gasteiger partial charge in [0, 0.05) is 4.47 Å². The van der Waals surface area contributed by atoms with Crippen LogP contribution in [0.25, 0.3) is 0 Å². The molecule has 0 atom stereocenters. The lowest BCUT2D eigenvalue weighted by atomic mass is 10.3. The van der Waals surface area contributed by atoms with Crippen LogP contribution >= 0.6 is 15.9 Å². The molecule has 14 heavy (non-hydrogen) atoms. The quantitative estimate of drug-likeness (QED) is 0.849. The molecule has 0 spiro atoms.